The van der Waals surface area contributed by atoms with Gasteiger partial charge in [-0.05, 0) is 25.0 Å². The van der Waals surface area contributed by atoms with Gasteiger partial charge in [-0.25, -0.2) is 8.78 Å². The summed E-state index contributed by atoms with van der Waals surface area (Å²) in [6.07, 6.45) is 4.00. The van der Waals surface area contributed by atoms with Crippen molar-refractivity contribution in [1.82, 2.24) is 0 Å². The van der Waals surface area contributed by atoms with Crippen molar-refractivity contribution >= 4 is 5.69 Å². The van der Waals surface area contributed by atoms with Gasteiger partial charge in [0.2, 0.25) is 6.80 Å². The molecule has 96 valence electrons. The zero-order valence-corrected chi connectivity index (χ0v) is 10.1. The van der Waals surface area contributed by atoms with Gasteiger partial charge >= 0.3 is 0 Å². The number of nitrogens with one attached hydrogen (secondary N) is 1. The zero-order valence-electron chi connectivity index (χ0n) is 10.1. The molecule has 1 atom stereocenters. The molecule has 1 N–H and O–H groups in total. The summed E-state index contributed by atoms with van der Waals surface area (Å²) in [7, 11) is 0. The highest BCUT2D eigenvalue weighted by Gasteiger charge is 2.17. The van der Waals surface area contributed by atoms with Crippen LogP contribution in [0.5, 0.6) is 0 Å². The summed E-state index contributed by atoms with van der Waals surface area (Å²) in [5.41, 5.74) is 0.0870. The molecule has 0 aromatic heterocycles. The maximum atomic E-state index is 13.4. The van der Waals surface area contributed by atoms with E-state index in [1.165, 1.54) is 0 Å². The van der Waals surface area contributed by atoms with Crippen LogP contribution in [0.3, 0.4) is 0 Å². The van der Waals surface area contributed by atoms with Crippen molar-refractivity contribution in [2.75, 3.05) is 13.3 Å². The molecule has 1 aromatic carbocycles. The fraction of sp³-hybridized carbons (Fsp3) is 0.538. The summed E-state index contributed by atoms with van der Waals surface area (Å²) >= 11 is 0. The predicted octanol–water partition coefficient (Wildman–Crippen LogP) is 2.99. The zero-order chi connectivity index (χ0) is 12.7. The highest BCUT2D eigenvalue weighted by Crippen LogP contribution is 2.11. The number of unbranched alkanes of at least 4 members (excludes halogenated alkanes) is 3. The Hall–Kier alpha value is -1.03. The van der Waals surface area contributed by atoms with Crippen LogP contribution in [0.25, 0.3) is 0 Å². The molecule has 1 nitrogen and oxygen atoms in total. The molecule has 0 saturated heterocycles. The van der Waals surface area contributed by atoms with E-state index in [9.17, 15) is 13.2 Å². The highest BCUT2D eigenvalue weighted by atomic mass is 19.1. The van der Waals surface area contributed by atoms with Crippen LogP contribution in [0.2, 0.25) is 0 Å². The van der Waals surface area contributed by atoms with Crippen LogP contribution in [0.4, 0.5) is 18.9 Å². The smallest absolute Gasteiger partial charge is 0.225 e. The lowest BCUT2D eigenvalue weighted by atomic mass is 10.2. The normalized spacial score (nSPS) is 12.7. The molecule has 1 aromatic rings. The molecule has 0 aliphatic rings. The molecule has 4 heteroatoms. The Kier molecular flexibility index (Phi) is 6.05. The molecule has 17 heavy (non-hydrogen) atoms. The van der Waals surface area contributed by atoms with Crippen LogP contribution >= 0.6 is 0 Å². The summed E-state index contributed by atoms with van der Waals surface area (Å²) in [6.45, 7) is 1.87. The Bertz CT molecular complexity index is 341. The SMILES string of the molecule is CCCCCC[NH+](CF)c1cc(F)ccc1F. The summed E-state index contributed by atoms with van der Waals surface area (Å²) in [6, 6.07) is 3.17. The molecule has 0 heterocycles. The lowest BCUT2D eigenvalue weighted by molar-refractivity contribution is -0.848. The van der Waals surface area contributed by atoms with E-state index in [4.69, 9.17) is 0 Å². The first-order chi connectivity index (χ1) is 8.19. The van der Waals surface area contributed by atoms with E-state index in [-0.39, 0.29) is 5.69 Å². The van der Waals surface area contributed by atoms with Gasteiger partial charge in [-0.15, -0.1) is 0 Å². The average Bonchev–Trinajstić information content (AvgIpc) is 2.33. The van der Waals surface area contributed by atoms with Gasteiger partial charge in [0, 0.05) is 6.07 Å². The number of rotatable bonds is 7. The molecular formula is C13H19F3N+. The van der Waals surface area contributed by atoms with Crippen molar-refractivity contribution in [1.29, 1.82) is 0 Å². The van der Waals surface area contributed by atoms with E-state index in [0.717, 1.165) is 43.9 Å². The molecule has 0 fully saturated rings. The average molecular weight is 246 g/mol. The monoisotopic (exact) mass is 246 g/mol. The van der Waals surface area contributed by atoms with Crippen LogP contribution in [-0.4, -0.2) is 13.3 Å². The largest absolute Gasteiger partial charge is 0.274 e. The van der Waals surface area contributed by atoms with Gasteiger partial charge in [-0.1, -0.05) is 19.8 Å². The summed E-state index contributed by atoms with van der Waals surface area (Å²) in [5, 5.41) is 0. The summed E-state index contributed by atoms with van der Waals surface area (Å²) in [5.74, 6) is -1.07. The third kappa shape index (κ3) is 4.38. The maximum Gasteiger partial charge on any atom is 0.225 e. The minimum absolute atomic E-state index is 0.0870. The molecule has 0 aliphatic heterocycles. The number of hydrogen-bond donors (Lipinski definition) is 1. The Morgan fingerprint density at radius 3 is 2.53 bits per heavy atom. The van der Waals surface area contributed by atoms with Crippen LogP contribution in [0.1, 0.15) is 32.6 Å². The van der Waals surface area contributed by atoms with Gasteiger partial charge in [0.25, 0.3) is 0 Å². The molecule has 0 bridgehead atoms. The number of hydrogen-bond acceptors (Lipinski definition) is 0. The topological polar surface area (TPSA) is 4.44 Å². The second-order valence-corrected chi connectivity index (χ2v) is 4.17. The minimum Gasteiger partial charge on any atom is -0.274 e. The fourth-order valence-corrected chi connectivity index (χ4v) is 1.81. The van der Waals surface area contributed by atoms with Crippen molar-refractivity contribution in [3.05, 3.63) is 29.8 Å². The van der Waals surface area contributed by atoms with E-state index < -0.39 is 18.4 Å². The molecule has 0 saturated carbocycles. The molecule has 0 radical (unpaired) electrons. The third-order valence-corrected chi connectivity index (χ3v) is 2.80. The second-order valence-electron chi connectivity index (χ2n) is 4.17. The van der Waals surface area contributed by atoms with Crippen LogP contribution in [0.15, 0.2) is 18.2 Å². The van der Waals surface area contributed by atoms with Crippen molar-refractivity contribution < 1.29 is 18.1 Å². The number of benzene rings is 1. The Balaban J connectivity index is 2.62. The van der Waals surface area contributed by atoms with Gasteiger partial charge in [0.05, 0.1) is 6.54 Å². The van der Waals surface area contributed by atoms with Gasteiger partial charge in [0.15, 0.2) is 11.5 Å². The number of quaternary nitrogens is 1. The Morgan fingerprint density at radius 1 is 1.12 bits per heavy atom. The maximum absolute atomic E-state index is 13.4. The van der Waals surface area contributed by atoms with E-state index in [1.54, 1.807) is 0 Å². The Morgan fingerprint density at radius 2 is 1.88 bits per heavy atom. The van der Waals surface area contributed by atoms with Crippen molar-refractivity contribution in [3.63, 3.8) is 0 Å². The minimum atomic E-state index is -0.716. The summed E-state index contributed by atoms with van der Waals surface area (Å²) in [4.78, 5) is 0.359. The predicted molar refractivity (Wildman–Crippen MR) is 62.0 cm³/mol. The number of alkyl halides is 1. The fourth-order valence-electron chi connectivity index (χ4n) is 1.81. The lowest BCUT2D eigenvalue weighted by Crippen LogP contribution is -3.06. The molecule has 1 unspecified atom stereocenters. The van der Waals surface area contributed by atoms with Gasteiger partial charge in [0.1, 0.15) is 5.82 Å². The van der Waals surface area contributed by atoms with Gasteiger partial charge < -0.3 is 0 Å². The highest BCUT2D eigenvalue weighted by molar-refractivity contribution is 5.31. The van der Waals surface area contributed by atoms with Crippen molar-refractivity contribution in [2.45, 2.75) is 32.6 Å². The van der Waals surface area contributed by atoms with Crippen molar-refractivity contribution in [2.24, 2.45) is 0 Å². The molecular weight excluding hydrogens is 227 g/mol. The first-order valence-electron chi connectivity index (χ1n) is 6.05. The van der Waals surface area contributed by atoms with Crippen molar-refractivity contribution in [3.8, 4) is 0 Å². The quantitative estimate of drug-likeness (QED) is 0.557. The molecule has 0 amide bonds. The van der Waals surface area contributed by atoms with Gasteiger partial charge in [-0.2, -0.15) is 4.39 Å². The molecule has 1 rings (SSSR count). The molecule has 0 spiro atoms. The third-order valence-electron chi connectivity index (χ3n) is 2.80. The van der Waals surface area contributed by atoms with E-state index >= 15 is 0 Å². The van der Waals surface area contributed by atoms with Crippen LogP contribution < -0.4 is 4.90 Å². The first kappa shape index (κ1) is 14.0. The lowest BCUT2D eigenvalue weighted by Gasteiger charge is -2.15. The standard InChI is InChI=1S/C13H18F3N/c1-2-3-4-5-8-17(10-14)13-9-11(15)6-7-12(13)16/h6-7,9H,2-5,8,10H2,1H3/p+1. The van der Waals surface area contributed by atoms with Crippen LogP contribution in [0, 0.1) is 11.6 Å². The first-order valence-corrected chi connectivity index (χ1v) is 6.05. The summed E-state index contributed by atoms with van der Waals surface area (Å²) < 4.78 is 39.3. The molecule has 0 aliphatic carbocycles. The van der Waals surface area contributed by atoms with Gasteiger partial charge in [-0.3, -0.25) is 4.90 Å². The van der Waals surface area contributed by atoms with E-state index in [0.29, 0.717) is 11.4 Å². The number of halogens is 3. The Labute approximate surface area is 100 Å². The second kappa shape index (κ2) is 7.33. The van der Waals surface area contributed by atoms with E-state index in [2.05, 4.69) is 6.92 Å². The van der Waals surface area contributed by atoms with Crippen LogP contribution in [-0.2, 0) is 0 Å². The van der Waals surface area contributed by atoms with E-state index in [1.807, 2.05) is 0 Å².